The Morgan fingerprint density at radius 1 is 1.29 bits per heavy atom. The lowest BCUT2D eigenvalue weighted by molar-refractivity contribution is -0.129. The van der Waals surface area contributed by atoms with Gasteiger partial charge in [-0.25, -0.2) is 0 Å². The fraction of sp³-hybridized carbons (Fsp3) is 0.375. The Morgan fingerprint density at radius 2 is 2.10 bits per heavy atom. The topological polar surface area (TPSA) is 71.2 Å². The summed E-state index contributed by atoms with van der Waals surface area (Å²) in [5, 5.41) is 4.24. The maximum Gasteiger partial charge on any atom is 0.224 e. The zero-order valence-corrected chi connectivity index (χ0v) is 12.0. The quantitative estimate of drug-likeness (QED) is 0.845. The molecule has 3 rings (SSSR count). The first kappa shape index (κ1) is 13.7. The zero-order valence-electron chi connectivity index (χ0n) is 12.0. The minimum absolute atomic E-state index is 0.229. The van der Waals surface area contributed by atoms with Gasteiger partial charge in [-0.15, -0.1) is 0 Å². The third kappa shape index (κ3) is 2.91. The molecule has 5 heteroatoms. The molecule has 2 aromatic rings. The zero-order chi connectivity index (χ0) is 14.7. The first-order valence-corrected chi connectivity index (χ1v) is 7.40. The highest BCUT2D eigenvalue weighted by molar-refractivity contribution is 5.98. The average Bonchev–Trinajstić information content (AvgIpc) is 3.04. The van der Waals surface area contributed by atoms with Gasteiger partial charge in [-0.2, -0.15) is 0 Å². The summed E-state index contributed by atoms with van der Waals surface area (Å²) in [5.74, 6) is 0.229. The van der Waals surface area contributed by atoms with Crippen molar-refractivity contribution in [1.82, 2.24) is 9.88 Å². The summed E-state index contributed by atoms with van der Waals surface area (Å²) in [6.07, 6.45) is 4.53. The van der Waals surface area contributed by atoms with Crippen LogP contribution in [-0.4, -0.2) is 35.4 Å². The molecule has 1 amide bonds. The van der Waals surface area contributed by atoms with Crippen molar-refractivity contribution in [2.45, 2.75) is 19.3 Å². The van der Waals surface area contributed by atoms with Gasteiger partial charge >= 0.3 is 0 Å². The van der Waals surface area contributed by atoms with Gasteiger partial charge in [-0.3, -0.25) is 9.78 Å². The van der Waals surface area contributed by atoms with Crippen LogP contribution in [0, 0.1) is 0 Å². The summed E-state index contributed by atoms with van der Waals surface area (Å²) in [4.78, 5) is 18.3. The number of rotatable bonds is 4. The third-order valence-electron chi connectivity index (χ3n) is 3.92. The molecule has 1 aliphatic rings. The lowest BCUT2D eigenvalue weighted by atomic mass is 10.1. The van der Waals surface area contributed by atoms with E-state index in [1.54, 1.807) is 6.20 Å². The molecule has 1 aliphatic heterocycles. The molecule has 1 saturated heterocycles. The van der Waals surface area contributed by atoms with Gasteiger partial charge in [0.2, 0.25) is 5.91 Å². The number of hydrogen-bond acceptors (Lipinski definition) is 4. The Morgan fingerprint density at radius 3 is 2.90 bits per heavy atom. The van der Waals surface area contributed by atoms with Gasteiger partial charge in [-0.05, 0) is 37.1 Å². The van der Waals surface area contributed by atoms with Crippen LogP contribution in [0.3, 0.4) is 0 Å². The van der Waals surface area contributed by atoms with E-state index in [1.165, 1.54) is 0 Å². The molecule has 0 radical (unpaired) electrons. The Bertz CT molecular complexity index is 650. The molecule has 5 nitrogen and oxygen atoms in total. The number of aromatic nitrogens is 1. The molecule has 2 heterocycles. The largest absolute Gasteiger partial charge is 0.398 e. The fourth-order valence-corrected chi connectivity index (χ4v) is 2.77. The summed E-state index contributed by atoms with van der Waals surface area (Å²) >= 11 is 0. The van der Waals surface area contributed by atoms with Crippen molar-refractivity contribution < 1.29 is 4.79 Å². The van der Waals surface area contributed by atoms with Crippen molar-refractivity contribution in [3.8, 4) is 0 Å². The maximum absolute atomic E-state index is 12.0. The van der Waals surface area contributed by atoms with Crippen molar-refractivity contribution in [2.75, 3.05) is 30.7 Å². The van der Waals surface area contributed by atoms with Crippen LogP contribution in [0.2, 0.25) is 0 Å². The highest BCUT2D eigenvalue weighted by Gasteiger charge is 2.17. The Hall–Kier alpha value is -2.30. The van der Waals surface area contributed by atoms with Crippen molar-refractivity contribution >= 4 is 28.2 Å². The number of anilines is 2. The Balaban J connectivity index is 1.65. The van der Waals surface area contributed by atoms with Crippen LogP contribution in [0.1, 0.15) is 19.3 Å². The normalized spacial score (nSPS) is 14.6. The van der Waals surface area contributed by atoms with Crippen LogP contribution in [0.15, 0.2) is 30.5 Å². The number of nitrogens with two attached hydrogens (primary N) is 1. The van der Waals surface area contributed by atoms with E-state index in [2.05, 4.69) is 10.3 Å². The van der Waals surface area contributed by atoms with Crippen LogP contribution in [-0.2, 0) is 4.79 Å². The van der Waals surface area contributed by atoms with Gasteiger partial charge in [0.15, 0.2) is 0 Å². The highest BCUT2D eigenvalue weighted by atomic mass is 16.2. The average molecular weight is 284 g/mol. The van der Waals surface area contributed by atoms with Gasteiger partial charge < -0.3 is 16.0 Å². The van der Waals surface area contributed by atoms with Crippen LogP contribution in [0.5, 0.6) is 0 Å². The van der Waals surface area contributed by atoms with E-state index in [0.29, 0.717) is 13.0 Å². The number of pyridine rings is 1. The van der Waals surface area contributed by atoms with Crippen LogP contribution >= 0.6 is 0 Å². The highest BCUT2D eigenvalue weighted by Crippen LogP contribution is 2.26. The van der Waals surface area contributed by atoms with Gasteiger partial charge in [-0.1, -0.05) is 0 Å². The molecular weight excluding hydrogens is 264 g/mol. The smallest absolute Gasteiger partial charge is 0.224 e. The van der Waals surface area contributed by atoms with Crippen LogP contribution in [0.4, 0.5) is 11.4 Å². The molecular formula is C16H20N4O. The van der Waals surface area contributed by atoms with E-state index in [4.69, 9.17) is 5.73 Å². The lowest BCUT2D eigenvalue weighted by Crippen LogP contribution is -2.29. The van der Waals surface area contributed by atoms with E-state index in [0.717, 1.165) is 48.2 Å². The molecule has 21 heavy (non-hydrogen) atoms. The van der Waals surface area contributed by atoms with Crippen molar-refractivity contribution in [1.29, 1.82) is 0 Å². The van der Waals surface area contributed by atoms with E-state index in [1.807, 2.05) is 29.2 Å². The Labute approximate surface area is 124 Å². The monoisotopic (exact) mass is 284 g/mol. The summed E-state index contributed by atoms with van der Waals surface area (Å²) in [5.41, 5.74) is 8.45. The molecule has 3 N–H and O–H groups in total. The number of carbonyl (C=O) groups excluding carboxylic acids is 1. The van der Waals surface area contributed by atoms with Crippen LogP contribution < -0.4 is 11.1 Å². The maximum atomic E-state index is 12.0. The number of nitrogens with zero attached hydrogens (tertiary/aromatic N) is 2. The van der Waals surface area contributed by atoms with Crippen molar-refractivity contribution in [3.63, 3.8) is 0 Å². The third-order valence-corrected chi connectivity index (χ3v) is 3.92. The molecule has 0 spiro atoms. The lowest BCUT2D eigenvalue weighted by Gasteiger charge is -2.16. The number of hydrogen-bond donors (Lipinski definition) is 2. The molecule has 0 saturated carbocycles. The van der Waals surface area contributed by atoms with Crippen molar-refractivity contribution in [2.24, 2.45) is 0 Å². The van der Waals surface area contributed by atoms with Gasteiger partial charge in [0.05, 0.1) is 11.2 Å². The Kier molecular flexibility index (Phi) is 3.90. The number of carbonyl (C=O) groups is 1. The first-order valence-electron chi connectivity index (χ1n) is 7.40. The molecule has 0 atom stereocenters. The second-order valence-corrected chi connectivity index (χ2v) is 5.37. The summed E-state index contributed by atoms with van der Waals surface area (Å²) in [7, 11) is 0. The predicted octanol–water partition coefficient (Wildman–Crippen LogP) is 2.24. The van der Waals surface area contributed by atoms with Gasteiger partial charge in [0, 0.05) is 43.3 Å². The second kappa shape index (κ2) is 5.99. The SMILES string of the molecule is Nc1ccc(NCCC(=O)N2CCCC2)c2ncccc12. The number of nitrogen functional groups attached to an aromatic ring is 1. The molecule has 0 unspecified atom stereocenters. The van der Waals surface area contributed by atoms with E-state index >= 15 is 0 Å². The molecule has 1 aromatic heterocycles. The number of likely N-dealkylation sites (tertiary alicyclic amines) is 1. The van der Waals surface area contributed by atoms with E-state index in [9.17, 15) is 4.79 Å². The number of nitrogens with one attached hydrogen (secondary N) is 1. The summed E-state index contributed by atoms with van der Waals surface area (Å²) in [6.45, 7) is 2.43. The van der Waals surface area contributed by atoms with E-state index < -0.39 is 0 Å². The number of fused-ring (bicyclic) bond motifs is 1. The first-order chi connectivity index (χ1) is 10.3. The summed E-state index contributed by atoms with van der Waals surface area (Å²) in [6, 6.07) is 7.62. The molecule has 1 aromatic carbocycles. The molecule has 1 fully saturated rings. The minimum atomic E-state index is 0.229. The van der Waals surface area contributed by atoms with Crippen molar-refractivity contribution in [3.05, 3.63) is 30.5 Å². The minimum Gasteiger partial charge on any atom is -0.398 e. The number of amides is 1. The molecule has 0 bridgehead atoms. The van der Waals surface area contributed by atoms with Gasteiger partial charge in [0.25, 0.3) is 0 Å². The number of benzene rings is 1. The second-order valence-electron chi connectivity index (χ2n) is 5.37. The predicted molar refractivity (Wildman–Crippen MR) is 85.1 cm³/mol. The molecule has 110 valence electrons. The standard InChI is InChI=1S/C16H20N4O/c17-13-5-6-14(16-12(13)4-3-8-19-16)18-9-7-15(21)20-10-1-2-11-20/h3-6,8,18H,1-2,7,9-11,17H2. The molecule has 0 aliphatic carbocycles. The van der Waals surface area contributed by atoms with Gasteiger partial charge in [0.1, 0.15) is 0 Å². The summed E-state index contributed by atoms with van der Waals surface area (Å²) < 4.78 is 0. The fourth-order valence-electron chi connectivity index (χ4n) is 2.77. The van der Waals surface area contributed by atoms with Crippen LogP contribution in [0.25, 0.3) is 10.9 Å². The van der Waals surface area contributed by atoms with E-state index in [-0.39, 0.29) is 5.91 Å².